The fourth-order valence-electron chi connectivity index (χ4n) is 1.89. The minimum absolute atomic E-state index is 0.635. The van der Waals surface area contributed by atoms with E-state index in [2.05, 4.69) is 0 Å². The van der Waals surface area contributed by atoms with Gasteiger partial charge in [0.05, 0.1) is 6.10 Å². The van der Waals surface area contributed by atoms with E-state index in [1.54, 1.807) is 0 Å². The molecule has 0 aliphatic heterocycles. The molecule has 2 aromatic rings. The van der Waals surface area contributed by atoms with Crippen molar-refractivity contribution in [2.45, 2.75) is 25.5 Å². The number of hydrogen-bond acceptors (Lipinski definition) is 2. The Morgan fingerprint density at radius 3 is 2.38 bits per heavy atom. The largest absolute Gasteiger partial charge is 0.386 e. The highest BCUT2D eigenvalue weighted by atomic mass is 16.3. The Labute approximate surface area is 95.7 Å². The van der Waals surface area contributed by atoms with Crippen LogP contribution in [0.3, 0.4) is 0 Å². The number of hydrogen-bond donors (Lipinski definition) is 2. The van der Waals surface area contributed by atoms with Crippen LogP contribution in [0.2, 0.25) is 0 Å². The van der Waals surface area contributed by atoms with Crippen molar-refractivity contribution in [3.8, 4) is 0 Å². The van der Waals surface area contributed by atoms with Crippen LogP contribution in [0.25, 0.3) is 10.8 Å². The molecule has 0 aromatic heterocycles. The van der Waals surface area contributed by atoms with Crippen molar-refractivity contribution >= 4 is 10.8 Å². The average Bonchev–Trinajstić information content (AvgIpc) is 2.26. The van der Waals surface area contributed by atoms with Crippen molar-refractivity contribution < 1.29 is 5.11 Å². The van der Waals surface area contributed by atoms with Crippen molar-refractivity contribution in [3.63, 3.8) is 0 Å². The minimum Gasteiger partial charge on any atom is -0.386 e. The molecule has 16 heavy (non-hydrogen) atoms. The molecule has 0 radical (unpaired) electrons. The standard InChI is InChI=1S/C14H17NO/c1-14(2,15)13(16)12-9-5-7-10-6-3-4-8-11(10)12/h3-9,13,16H,15H2,1-2H3/t13-/m0/s1. The topological polar surface area (TPSA) is 46.2 Å². The van der Waals surface area contributed by atoms with E-state index in [4.69, 9.17) is 5.73 Å². The van der Waals surface area contributed by atoms with Gasteiger partial charge in [-0.05, 0) is 30.2 Å². The first-order valence-electron chi connectivity index (χ1n) is 5.45. The molecule has 1 atom stereocenters. The molecule has 2 heteroatoms. The first-order chi connectivity index (χ1) is 7.50. The summed E-state index contributed by atoms with van der Waals surface area (Å²) in [5.41, 5.74) is 6.21. The second-order valence-electron chi connectivity index (χ2n) is 4.79. The molecule has 3 N–H and O–H groups in total. The zero-order chi connectivity index (χ0) is 11.8. The third-order valence-electron chi connectivity index (χ3n) is 2.82. The Bertz CT molecular complexity index is 494. The van der Waals surface area contributed by atoms with Gasteiger partial charge < -0.3 is 10.8 Å². The predicted molar refractivity (Wildman–Crippen MR) is 67.2 cm³/mol. The van der Waals surface area contributed by atoms with Gasteiger partial charge in [-0.15, -0.1) is 0 Å². The fraction of sp³-hybridized carbons (Fsp3) is 0.286. The summed E-state index contributed by atoms with van der Waals surface area (Å²) in [5, 5.41) is 12.4. The van der Waals surface area contributed by atoms with Gasteiger partial charge in [0.2, 0.25) is 0 Å². The first-order valence-corrected chi connectivity index (χ1v) is 5.45. The lowest BCUT2D eigenvalue weighted by Crippen LogP contribution is -2.39. The highest BCUT2D eigenvalue weighted by molar-refractivity contribution is 5.86. The van der Waals surface area contributed by atoms with E-state index in [9.17, 15) is 5.11 Å². The summed E-state index contributed by atoms with van der Waals surface area (Å²) in [6.45, 7) is 3.67. The van der Waals surface area contributed by atoms with Gasteiger partial charge in [-0.3, -0.25) is 0 Å². The Balaban J connectivity index is 2.61. The first kappa shape index (κ1) is 11.1. The monoisotopic (exact) mass is 215 g/mol. The van der Waals surface area contributed by atoms with Crippen LogP contribution in [0, 0.1) is 0 Å². The van der Waals surface area contributed by atoms with Crippen molar-refractivity contribution in [2.24, 2.45) is 5.73 Å². The number of aliphatic hydroxyl groups excluding tert-OH is 1. The second kappa shape index (κ2) is 3.89. The maximum Gasteiger partial charge on any atom is 0.0969 e. The molecule has 2 rings (SSSR count). The number of nitrogens with two attached hydrogens (primary N) is 1. The summed E-state index contributed by atoms with van der Waals surface area (Å²) in [7, 11) is 0. The number of rotatable bonds is 2. The summed E-state index contributed by atoms with van der Waals surface area (Å²) in [6, 6.07) is 13.9. The molecule has 0 saturated heterocycles. The molecular formula is C14H17NO. The minimum atomic E-state index is -0.654. The van der Waals surface area contributed by atoms with Gasteiger partial charge in [0, 0.05) is 5.54 Å². The van der Waals surface area contributed by atoms with E-state index in [-0.39, 0.29) is 0 Å². The fourth-order valence-corrected chi connectivity index (χ4v) is 1.89. The summed E-state index contributed by atoms with van der Waals surface area (Å²) in [5.74, 6) is 0. The second-order valence-corrected chi connectivity index (χ2v) is 4.79. The predicted octanol–water partition coefficient (Wildman–Crippen LogP) is 2.61. The average molecular weight is 215 g/mol. The lowest BCUT2D eigenvalue weighted by molar-refractivity contribution is 0.106. The Hall–Kier alpha value is -1.38. The molecule has 0 amide bonds. The summed E-state index contributed by atoms with van der Waals surface area (Å²) in [4.78, 5) is 0. The smallest absolute Gasteiger partial charge is 0.0969 e. The molecule has 0 aliphatic rings. The summed E-state index contributed by atoms with van der Waals surface area (Å²) < 4.78 is 0. The van der Waals surface area contributed by atoms with Crippen LogP contribution in [0.15, 0.2) is 42.5 Å². The van der Waals surface area contributed by atoms with Crippen molar-refractivity contribution in [2.75, 3.05) is 0 Å². The lowest BCUT2D eigenvalue weighted by Gasteiger charge is -2.27. The van der Waals surface area contributed by atoms with Crippen LogP contribution in [0.5, 0.6) is 0 Å². The van der Waals surface area contributed by atoms with E-state index in [0.29, 0.717) is 0 Å². The highest BCUT2D eigenvalue weighted by Gasteiger charge is 2.25. The van der Waals surface area contributed by atoms with Crippen molar-refractivity contribution in [1.82, 2.24) is 0 Å². The molecule has 0 unspecified atom stereocenters. The quantitative estimate of drug-likeness (QED) is 0.809. The Morgan fingerprint density at radius 1 is 1.06 bits per heavy atom. The van der Waals surface area contributed by atoms with E-state index < -0.39 is 11.6 Å². The molecule has 0 bridgehead atoms. The van der Waals surface area contributed by atoms with Gasteiger partial charge in [0.25, 0.3) is 0 Å². The third-order valence-corrected chi connectivity index (χ3v) is 2.82. The third kappa shape index (κ3) is 1.94. The Kier molecular flexibility index (Phi) is 2.70. The van der Waals surface area contributed by atoms with E-state index in [0.717, 1.165) is 16.3 Å². The van der Waals surface area contributed by atoms with Crippen LogP contribution in [-0.2, 0) is 0 Å². The SMILES string of the molecule is CC(C)(N)[C@@H](O)c1cccc2ccccc12. The highest BCUT2D eigenvalue weighted by Crippen LogP contribution is 2.29. The maximum absolute atomic E-state index is 10.2. The number of benzene rings is 2. The van der Waals surface area contributed by atoms with E-state index >= 15 is 0 Å². The maximum atomic E-state index is 10.2. The molecule has 2 aromatic carbocycles. The van der Waals surface area contributed by atoms with Gasteiger partial charge in [-0.25, -0.2) is 0 Å². The molecule has 0 aliphatic carbocycles. The van der Waals surface area contributed by atoms with Crippen LogP contribution in [0.1, 0.15) is 25.5 Å². The van der Waals surface area contributed by atoms with Crippen molar-refractivity contribution in [1.29, 1.82) is 0 Å². The van der Waals surface area contributed by atoms with E-state index in [1.807, 2.05) is 56.3 Å². The van der Waals surface area contributed by atoms with Gasteiger partial charge >= 0.3 is 0 Å². The number of aliphatic hydroxyl groups is 1. The molecule has 0 heterocycles. The summed E-state index contributed by atoms with van der Waals surface area (Å²) in [6.07, 6.45) is -0.654. The molecular weight excluding hydrogens is 198 g/mol. The zero-order valence-electron chi connectivity index (χ0n) is 9.64. The summed E-state index contributed by atoms with van der Waals surface area (Å²) >= 11 is 0. The van der Waals surface area contributed by atoms with Gasteiger partial charge in [-0.1, -0.05) is 42.5 Å². The van der Waals surface area contributed by atoms with Crippen LogP contribution >= 0.6 is 0 Å². The lowest BCUT2D eigenvalue weighted by atomic mass is 9.89. The molecule has 0 spiro atoms. The van der Waals surface area contributed by atoms with Gasteiger partial charge in [0.1, 0.15) is 0 Å². The normalized spacial score (nSPS) is 14.0. The zero-order valence-corrected chi connectivity index (χ0v) is 9.64. The van der Waals surface area contributed by atoms with Crippen LogP contribution < -0.4 is 5.73 Å². The van der Waals surface area contributed by atoms with E-state index in [1.165, 1.54) is 0 Å². The molecule has 84 valence electrons. The molecule has 0 saturated carbocycles. The molecule has 0 fully saturated rings. The van der Waals surface area contributed by atoms with Crippen LogP contribution in [-0.4, -0.2) is 10.6 Å². The van der Waals surface area contributed by atoms with Gasteiger partial charge in [0.15, 0.2) is 0 Å². The Morgan fingerprint density at radius 2 is 1.69 bits per heavy atom. The van der Waals surface area contributed by atoms with Crippen molar-refractivity contribution in [3.05, 3.63) is 48.0 Å². The van der Waals surface area contributed by atoms with Gasteiger partial charge in [-0.2, -0.15) is 0 Å². The number of fused-ring (bicyclic) bond motifs is 1. The molecule has 2 nitrogen and oxygen atoms in total. The van der Waals surface area contributed by atoms with Crippen LogP contribution in [0.4, 0.5) is 0 Å².